The summed E-state index contributed by atoms with van der Waals surface area (Å²) in [6.07, 6.45) is 4.96. The molecule has 0 radical (unpaired) electrons. The summed E-state index contributed by atoms with van der Waals surface area (Å²) in [4.78, 5) is 13.6. The summed E-state index contributed by atoms with van der Waals surface area (Å²) in [7, 11) is -3.65. The fourth-order valence-electron chi connectivity index (χ4n) is 3.63. The first-order chi connectivity index (χ1) is 15.9. The highest BCUT2D eigenvalue weighted by molar-refractivity contribution is 7.90. The molecular weight excluding hydrogens is 461 g/mol. The number of hydrogen-bond donors (Lipinski definition) is 1. The molecule has 1 N–H and O–H groups in total. The van der Waals surface area contributed by atoms with E-state index in [-0.39, 0.29) is 11.0 Å². The van der Waals surface area contributed by atoms with Crippen LogP contribution in [-0.2, 0) is 14.6 Å². The number of carbonyl (C=O) groups is 1. The van der Waals surface area contributed by atoms with Crippen molar-refractivity contribution in [1.29, 1.82) is 0 Å². The zero-order valence-electron chi connectivity index (χ0n) is 19.4. The quantitative estimate of drug-likeness (QED) is 0.592. The first-order valence-corrected chi connectivity index (χ1v) is 12.6. The molecule has 1 amide bonds. The highest BCUT2D eigenvalue weighted by Crippen LogP contribution is 2.27. The molecule has 0 aliphatic carbocycles. The van der Waals surface area contributed by atoms with E-state index in [2.05, 4.69) is 15.5 Å². The second-order valence-corrected chi connectivity index (χ2v) is 11.1. The smallest absolute Gasteiger partial charge is 0.410 e. The van der Waals surface area contributed by atoms with E-state index in [1.54, 1.807) is 17.0 Å². The van der Waals surface area contributed by atoms with Crippen LogP contribution in [0.2, 0.25) is 0 Å². The molecule has 0 saturated carbocycles. The van der Waals surface area contributed by atoms with Gasteiger partial charge in [0.2, 0.25) is 0 Å². The lowest BCUT2D eigenvalue weighted by Gasteiger charge is -2.29. The standard InChI is InChI=1S/C23H26FN5O4S/c1-23(2,3)33-22(30)28-12-9-15(10-13-28)20-26-27-21-18(6-5-11-29(20)21)25-16-7-8-19(17(24)14-16)34(4,31)32/h5-9,11,14,25H,10,12-13H2,1-4H3. The highest BCUT2D eigenvalue weighted by Gasteiger charge is 2.25. The van der Waals surface area contributed by atoms with E-state index >= 15 is 0 Å². The number of halogens is 1. The van der Waals surface area contributed by atoms with Crippen LogP contribution in [0.15, 0.2) is 47.5 Å². The zero-order valence-corrected chi connectivity index (χ0v) is 20.2. The lowest BCUT2D eigenvalue weighted by atomic mass is 10.1. The van der Waals surface area contributed by atoms with Crippen molar-refractivity contribution in [2.75, 3.05) is 24.7 Å². The molecule has 11 heteroatoms. The van der Waals surface area contributed by atoms with Gasteiger partial charge in [0.15, 0.2) is 21.3 Å². The molecular formula is C23H26FN5O4S. The maximum Gasteiger partial charge on any atom is 0.410 e. The molecule has 0 spiro atoms. The molecule has 34 heavy (non-hydrogen) atoms. The molecule has 0 fully saturated rings. The zero-order chi connectivity index (χ0) is 24.7. The van der Waals surface area contributed by atoms with Crippen LogP contribution >= 0.6 is 0 Å². The van der Waals surface area contributed by atoms with Crippen LogP contribution in [0.3, 0.4) is 0 Å². The Morgan fingerprint density at radius 2 is 1.97 bits per heavy atom. The predicted octanol–water partition coefficient (Wildman–Crippen LogP) is 4.04. The third kappa shape index (κ3) is 5.04. The molecule has 1 aliphatic heterocycles. The van der Waals surface area contributed by atoms with E-state index in [4.69, 9.17) is 4.74 Å². The van der Waals surface area contributed by atoms with Gasteiger partial charge in [-0.2, -0.15) is 0 Å². The number of carbonyl (C=O) groups excluding carboxylic acids is 1. The lowest BCUT2D eigenvalue weighted by Crippen LogP contribution is -2.39. The van der Waals surface area contributed by atoms with E-state index in [1.165, 1.54) is 12.1 Å². The number of pyridine rings is 1. The normalized spacial score (nSPS) is 14.7. The third-order valence-corrected chi connectivity index (χ3v) is 6.32. The monoisotopic (exact) mass is 487 g/mol. The number of nitrogens with one attached hydrogen (secondary N) is 1. The van der Waals surface area contributed by atoms with Gasteiger partial charge in [-0.3, -0.25) is 4.40 Å². The number of aromatic nitrogens is 3. The SMILES string of the molecule is CC(C)(C)OC(=O)N1CC=C(c2nnc3c(Nc4ccc(S(C)(=O)=O)c(F)c4)cccn23)CC1. The Labute approximate surface area is 197 Å². The summed E-state index contributed by atoms with van der Waals surface area (Å²) < 4.78 is 44.9. The van der Waals surface area contributed by atoms with Crippen molar-refractivity contribution in [2.45, 2.75) is 37.7 Å². The number of rotatable bonds is 4. The molecule has 4 rings (SSSR count). The molecule has 2 aromatic heterocycles. The first kappa shape index (κ1) is 23.7. The Hall–Kier alpha value is -3.47. The molecule has 0 saturated heterocycles. The summed E-state index contributed by atoms with van der Waals surface area (Å²) in [6.45, 7) is 6.40. The maximum atomic E-state index is 14.3. The molecule has 1 aromatic carbocycles. The molecule has 1 aliphatic rings. The van der Waals surface area contributed by atoms with E-state index in [9.17, 15) is 17.6 Å². The topological polar surface area (TPSA) is 106 Å². The maximum absolute atomic E-state index is 14.3. The van der Waals surface area contributed by atoms with E-state index in [0.717, 1.165) is 17.9 Å². The van der Waals surface area contributed by atoms with Gasteiger partial charge in [0.25, 0.3) is 0 Å². The largest absolute Gasteiger partial charge is 0.444 e. The molecule has 180 valence electrons. The minimum absolute atomic E-state index is 0.352. The van der Waals surface area contributed by atoms with Crippen molar-refractivity contribution in [3.05, 3.63) is 54.2 Å². The van der Waals surface area contributed by atoms with Gasteiger partial charge in [-0.05, 0) is 63.1 Å². The van der Waals surface area contributed by atoms with Crippen LogP contribution in [0.4, 0.5) is 20.6 Å². The van der Waals surface area contributed by atoms with Gasteiger partial charge in [-0.1, -0.05) is 6.08 Å². The van der Waals surface area contributed by atoms with Gasteiger partial charge in [-0.25, -0.2) is 17.6 Å². The van der Waals surface area contributed by atoms with Crippen LogP contribution in [0.1, 0.15) is 33.0 Å². The Kier molecular flexibility index (Phi) is 6.07. The Balaban J connectivity index is 1.56. The number of benzene rings is 1. The Morgan fingerprint density at radius 1 is 1.21 bits per heavy atom. The number of anilines is 2. The summed E-state index contributed by atoms with van der Waals surface area (Å²) >= 11 is 0. The molecule has 0 bridgehead atoms. The summed E-state index contributed by atoms with van der Waals surface area (Å²) in [5, 5.41) is 11.7. The van der Waals surface area contributed by atoms with Crippen molar-refractivity contribution >= 4 is 38.5 Å². The van der Waals surface area contributed by atoms with Crippen molar-refractivity contribution in [1.82, 2.24) is 19.5 Å². The van der Waals surface area contributed by atoms with Crippen molar-refractivity contribution in [2.24, 2.45) is 0 Å². The van der Waals surface area contributed by atoms with Crippen LogP contribution in [0.5, 0.6) is 0 Å². The summed E-state index contributed by atoms with van der Waals surface area (Å²) in [6, 6.07) is 7.43. The van der Waals surface area contributed by atoms with Crippen molar-refractivity contribution in [3.8, 4) is 0 Å². The fraction of sp³-hybridized carbons (Fsp3) is 0.348. The van der Waals surface area contributed by atoms with E-state index in [1.807, 2.05) is 37.4 Å². The van der Waals surface area contributed by atoms with Crippen LogP contribution in [-0.4, -0.2) is 59.0 Å². The first-order valence-electron chi connectivity index (χ1n) is 10.7. The molecule has 0 atom stereocenters. The second-order valence-electron chi connectivity index (χ2n) is 9.09. The predicted molar refractivity (Wildman–Crippen MR) is 126 cm³/mol. The minimum atomic E-state index is -3.65. The number of ether oxygens (including phenoxy) is 1. The van der Waals surface area contributed by atoms with Crippen LogP contribution < -0.4 is 5.32 Å². The summed E-state index contributed by atoms with van der Waals surface area (Å²) in [5.41, 5.74) is 1.89. The molecule has 0 unspecified atom stereocenters. The summed E-state index contributed by atoms with van der Waals surface area (Å²) in [5.74, 6) is -0.176. The van der Waals surface area contributed by atoms with Gasteiger partial charge in [-0.15, -0.1) is 10.2 Å². The number of amides is 1. The number of nitrogens with zero attached hydrogens (tertiary/aromatic N) is 4. The van der Waals surface area contributed by atoms with E-state index in [0.29, 0.717) is 42.4 Å². The third-order valence-electron chi connectivity index (χ3n) is 5.19. The molecule has 3 heterocycles. The van der Waals surface area contributed by atoms with Crippen LogP contribution in [0.25, 0.3) is 11.2 Å². The average molecular weight is 488 g/mol. The van der Waals surface area contributed by atoms with Crippen molar-refractivity contribution < 1.29 is 22.3 Å². The average Bonchev–Trinajstić information content (AvgIpc) is 3.17. The Bertz CT molecular complexity index is 1390. The van der Waals surface area contributed by atoms with Gasteiger partial charge in [0, 0.05) is 31.2 Å². The van der Waals surface area contributed by atoms with Gasteiger partial charge in [0.1, 0.15) is 16.3 Å². The minimum Gasteiger partial charge on any atom is -0.444 e. The number of fused-ring (bicyclic) bond motifs is 1. The van der Waals surface area contributed by atoms with E-state index < -0.39 is 21.3 Å². The number of sulfone groups is 1. The second kappa shape index (κ2) is 8.71. The lowest BCUT2D eigenvalue weighted by molar-refractivity contribution is 0.0270. The Morgan fingerprint density at radius 3 is 2.59 bits per heavy atom. The van der Waals surface area contributed by atoms with Crippen molar-refractivity contribution in [3.63, 3.8) is 0 Å². The molecule has 3 aromatic rings. The molecule has 9 nitrogen and oxygen atoms in total. The fourth-order valence-corrected chi connectivity index (χ4v) is 4.36. The van der Waals surface area contributed by atoms with Crippen LogP contribution in [0, 0.1) is 5.82 Å². The van der Waals surface area contributed by atoms with Gasteiger partial charge in [0.05, 0.1) is 5.69 Å². The highest BCUT2D eigenvalue weighted by atomic mass is 32.2. The van der Waals surface area contributed by atoms with Gasteiger partial charge < -0.3 is 15.0 Å². The van der Waals surface area contributed by atoms with Gasteiger partial charge >= 0.3 is 6.09 Å². The number of hydrogen-bond acceptors (Lipinski definition) is 7.